The molecule has 1 atom stereocenters. The van der Waals surface area contributed by atoms with E-state index in [1.54, 1.807) is 6.07 Å². The molecule has 2 nitrogen and oxygen atoms in total. The van der Waals surface area contributed by atoms with Crippen molar-refractivity contribution in [2.45, 2.75) is 26.4 Å². The molecule has 0 aromatic heterocycles. The van der Waals surface area contributed by atoms with Gasteiger partial charge in [0.15, 0.2) is 0 Å². The van der Waals surface area contributed by atoms with E-state index in [0.29, 0.717) is 6.54 Å². The van der Waals surface area contributed by atoms with Gasteiger partial charge in [-0.2, -0.15) is 0 Å². The van der Waals surface area contributed by atoms with Gasteiger partial charge in [0, 0.05) is 18.3 Å². The minimum Gasteiger partial charge on any atom is -0.399 e. The summed E-state index contributed by atoms with van der Waals surface area (Å²) in [6, 6.07) is 13.0. The summed E-state index contributed by atoms with van der Waals surface area (Å²) in [5.74, 6) is -0.185. The van der Waals surface area contributed by atoms with Crippen molar-refractivity contribution in [2.24, 2.45) is 0 Å². The fourth-order valence-corrected chi connectivity index (χ4v) is 2.29. The Balaban J connectivity index is 2.15. The minimum atomic E-state index is -0.185. The van der Waals surface area contributed by atoms with Crippen LogP contribution >= 0.6 is 0 Å². The lowest BCUT2D eigenvalue weighted by Crippen LogP contribution is -2.22. The van der Waals surface area contributed by atoms with Gasteiger partial charge in [-0.1, -0.05) is 18.2 Å². The van der Waals surface area contributed by atoms with Crippen molar-refractivity contribution in [3.8, 4) is 0 Å². The van der Waals surface area contributed by atoms with Gasteiger partial charge in [0.2, 0.25) is 0 Å². The van der Waals surface area contributed by atoms with Gasteiger partial charge in [-0.05, 0) is 61.9 Å². The smallest absolute Gasteiger partial charge is 0.123 e. The van der Waals surface area contributed by atoms with E-state index in [1.807, 2.05) is 38.2 Å². The van der Waals surface area contributed by atoms with Crippen LogP contribution in [-0.4, -0.2) is 11.9 Å². The largest absolute Gasteiger partial charge is 0.399 e. The SMILES string of the molecule is Cc1ccc(F)cc1CN(C)C(C)c1cccc(N)c1. The van der Waals surface area contributed by atoms with Crippen molar-refractivity contribution in [3.05, 3.63) is 65.0 Å². The standard InChI is InChI=1S/C17H21FN2/c1-12-7-8-16(18)9-15(12)11-20(3)13(2)14-5-4-6-17(19)10-14/h4-10,13H,11,19H2,1-3H3. The fraction of sp³-hybridized carbons (Fsp3) is 0.294. The van der Waals surface area contributed by atoms with Crippen LogP contribution in [0, 0.1) is 12.7 Å². The fourth-order valence-electron chi connectivity index (χ4n) is 2.29. The molecule has 0 aliphatic heterocycles. The van der Waals surface area contributed by atoms with Gasteiger partial charge in [-0.25, -0.2) is 4.39 Å². The van der Waals surface area contributed by atoms with Crippen molar-refractivity contribution < 1.29 is 4.39 Å². The number of nitrogen functional groups attached to an aromatic ring is 1. The number of benzene rings is 2. The molecule has 1 unspecified atom stereocenters. The molecule has 2 rings (SSSR count). The summed E-state index contributed by atoms with van der Waals surface area (Å²) in [5, 5.41) is 0. The van der Waals surface area contributed by atoms with Gasteiger partial charge in [-0.3, -0.25) is 4.90 Å². The van der Waals surface area contributed by atoms with Gasteiger partial charge < -0.3 is 5.73 Å². The number of hydrogen-bond acceptors (Lipinski definition) is 2. The highest BCUT2D eigenvalue weighted by Crippen LogP contribution is 2.23. The van der Waals surface area contributed by atoms with E-state index >= 15 is 0 Å². The molecule has 0 radical (unpaired) electrons. The highest BCUT2D eigenvalue weighted by Gasteiger charge is 2.13. The van der Waals surface area contributed by atoms with Crippen LogP contribution in [0.1, 0.15) is 29.7 Å². The minimum absolute atomic E-state index is 0.185. The maximum absolute atomic E-state index is 13.3. The molecule has 0 saturated heterocycles. The second-order valence-corrected chi connectivity index (χ2v) is 5.33. The number of anilines is 1. The van der Waals surface area contributed by atoms with Crippen LogP contribution in [0.2, 0.25) is 0 Å². The molecule has 20 heavy (non-hydrogen) atoms. The average molecular weight is 272 g/mol. The maximum atomic E-state index is 13.3. The molecule has 0 spiro atoms. The predicted molar refractivity (Wildman–Crippen MR) is 81.9 cm³/mol. The molecule has 0 aliphatic rings. The van der Waals surface area contributed by atoms with Crippen LogP contribution in [0.5, 0.6) is 0 Å². The van der Waals surface area contributed by atoms with Crippen molar-refractivity contribution in [1.82, 2.24) is 4.90 Å². The monoisotopic (exact) mass is 272 g/mol. The summed E-state index contributed by atoms with van der Waals surface area (Å²) in [5.41, 5.74) is 9.89. The molecule has 0 heterocycles. The summed E-state index contributed by atoms with van der Waals surface area (Å²) in [6.45, 7) is 4.84. The molecule has 0 fully saturated rings. The Morgan fingerprint density at radius 3 is 2.65 bits per heavy atom. The number of nitrogens with two attached hydrogens (primary N) is 1. The third-order valence-electron chi connectivity index (χ3n) is 3.79. The molecule has 0 aliphatic carbocycles. The van der Waals surface area contributed by atoms with Gasteiger partial charge in [-0.15, -0.1) is 0 Å². The lowest BCUT2D eigenvalue weighted by atomic mass is 10.0. The third-order valence-corrected chi connectivity index (χ3v) is 3.79. The highest BCUT2D eigenvalue weighted by molar-refractivity contribution is 5.41. The quantitative estimate of drug-likeness (QED) is 0.855. The molecule has 106 valence electrons. The molecule has 0 bridgehead atoms. The van der Waals surface area contributed by atoms with Crippen LogP contribution in [0.4, 0.5) is 10.1 Å². The summed E-state index contributed by atoms with van der Waals surface area (Å²) < 4.78 is 13.3. The van der Waals surface area contributed by atoms with E-state index in [-0.39, 0.29) is 11.9 Å². The van der Waals surface area contributed by atoms with Gasteiger partial charge in [0.05, 0.1) is 0 Å². The average Bonchev–Trinajstić information content (AvgIpc) is 2.42. The van der Waals surface area contributed by atoms with E-state index in [0.717, 1.165) is 16.8 Å². The Labute approximate surface area is 120 Å². The Bertz CT molecular complexity index is 595. The van der Waals surface area contributed by atoms with Crippen LogP contribution in [0.15, 0.2) is 42.5 Å². The van der Waals surface area contributed by atoms with Crippen molar-refractivity contribution >= 4 is 5.69 Å². The Morgan fingerprint density at radius 2 is 1.95 bits per heavy atom. The molecule has 2 aromatic rings. The highest BCUT2D eigenvalue weighted by atomic mass is 19.1. The van der Waals surface area contributed by atoms with E-state index in [2.05, 4.69) is 17.9 Å². The zero-order valence-corrected chi connectivity index (χ0v) is 12.2. The molecule has 3 heteroatoms. The van der Waals surface area contributed by atoms with Crippen molar-refractivity contribution in [3.63, 3.8) is 0 Å². The first-order valence-corrected chi connectivity index (χ1v) is 6.78. The summed E-state index contributed by atoms with van der Waals surface area (Å²) in [4.78, 5) is 2.19. The van der Waals surface area contributed by atoms with Crippen LogP contribution < -0.4 is 5.73 Å². The van der Waals surface area contributed by atoms with E-state index in [9.17, 15) is 4.39 Å². The van der Waals surface area contributed by atoms with Crippen LogP contribution in [0.3, 0.4) is 0 Å². The number of aryl methyl sites for hydroxylation is 1. The Morgan fingerprint density at radius 1 is 1.20 bits per heavy atom. The van der Waals surface area contributed by atoms with Gasteiger partial charge in [0.1, 0.15) is 5.82 Å². The number of halogens is 1. The lowest BCUT2D eigenvalue weighted by molar-refractivity contribution is 0.252. The second-order valence-electron chi connectivity index (χ2n) is 5.33. The number of rotatable bonds is 4. The van der Waals surface area contributed by atoms with Crippen LogP contribution in [0.25, 0.3) is 0 Å². The molecular weight excluding hydrogens is 251 g/mol. The first-order valence-electron chi connectivity index (χ1n) is 6.78. The Kier molecular flexibility index (Phi) is 4.40. The predicted octanol–water partition coefficient (Wildman–Crippen LogP) is 3.91. The number of nitrogens with zero attached hydrogens (tertiary/aromatic N) is 1. The molecule has 0 amide bonds. The summed E-state index contributed by atoms with van der Waals surface area (Å²) in [7, 11) is 2.04. The van der Waals surface area contributed by atoms with Crippen molar-refractivity contribution in [1.29, 1.82) is 0 Å². The maximum Gasteiger partial charge on any atom is 0.123 e. The topological polar surface area (TPSA) is 29.3 Å². The zero-order chi connectivity index (χ0) is 14.7. The normalized spacial score (nSPS) is 12.7. The lowest BCUT2D eigenvalue weighted by Gasteiger charge is -2.26. The molecular formula is C17H21FN2. The zero-order valence-electron chi connectivity index (χ0n) is 12.2. The van der Waals surface area contributed by atoms with Gasteiger partial charge in [0.25, 0.3) is 0 Å². The summed E-state index contributed by atoms with van der Waals surface area (Å²) >= 11 is 0. The second kappa shape index (κ2) is 6.06. The molecule has 2 aromatic carbocycles. The molecule has 2 N–H and O–H groups in total. The first-order chi connectivity index (χ1) is 9.47. The Hall–Kier alpha value is -1.87. The van der Waals surface area contributed by atoms with E-state index < -0.39 is 0 Å². The van der Waals surface area contributed by atoms with Crippen molar-refractivity contribution in [2.75, 3.05) is 12.8 Å². The molecule has 0 saturated carbocycles. The first kappa shape index (κ1) is 14.5. The number of hydrogen-bond donors (Lipinski definition) is 1. The van der Waals surface area contributed by atoms with Gasteiger partial charge >= 0.3 is 0 Å². The van der Waals surface area contributed by atoms with E-state index in [4.69, 9.17) is 5.73 Å². The summed E-state index contributed by atoms with van der Waals surface area (Å²) in [6.07, 6.45) is 0. The third kappa shape index (κ3) is 3.36. The van der Waals surface area contributed by atoms with Crippen LogP contribution in [-0.2, 0) is 6.54 Å². The van der Waals surface area contributed by atoms with E-state index in [1.165, 1.54) is 11.6 Å².